The Bertz CT molecular complexity index is 593. The van der Waals surface area contributed by atoms with Crippen molar-refractivity contribution in [2.75, 3.05) is 0 Å². The monoisotopic (exact) mass is 293 g/mol. The number of pyridine rings is 1. The molecule has 0 saturated carbocycles. The van der Waals surface area contributed by atoms with Crippen LogP contribution in [0, 0.1) is 13.8 Å². The molecule has 0 bridgehead atoms. The van der Waals surface area contributed by atoms with Crippen LogP contribution in [0.1, 0.15) is 35.5 Å². The Morgan fingerprint density at radius 2 is 2.15 bits per heavy atom. The van der Waals surface area contributed by atoms with Crippen molar-refractivity contribution in [1.29, 1.82) is 0 Å². The fraction of sp³-hybridized carbons (Fsp3) is 0.429. The number of aryl methyl sites for hydroxylation is 3. The standard InChI is InChI=1S/C14H20ClN5/c1-4-20-13(14(15)10(3)19-20)6-12(18-16)11-5-9(2)7-17-8-11/h5,7-8,12,18H,4,6,16H2,1-3H3. The van der Waals surface area contributed by atoms with Crippen molar-refractivity contribution in [3.05, 3.63) is 46.0 Å². The van der Waals surface area contributed by atoms with Crippen molar-refractivity contribution in [2.45, 2.75) is 39.8 Å². The van der Waals surface area contributed by atoms with Gasteiger partial charge >= 0.3 is 0 Å². The van der Waals surface area contributed by atoms with E-state index in [9.17, 15) is 0 Å². The van der Waals surface area contributed by atoms with Gasteiger partial charge in [0.15, 0.2) is 0 Å². The largest absolute Gasteiger partial charge is 0.271 e. The van der Waals surface area contributed by atoms with Gasteiger partial charge in [-0.15, -0.1) is 0 Å². The van der Waals surface area contributed by atoms with Crippen molar-refractivity contribution < 1.29 is 0 Å². The zero-order valence-corrected chi connectivity index (χ0v) is 12.8. The molecule has 2 aromatic heterocycles. The van der Waals surface area contributed by atoms with E-state index in [1.54, 1.807) is 0 Å². The van der Waals surface area contributed by atoms with E-state index in [-0.39, 0.29) is 6.04 Å². The first-order valence-electron chi connectivity index (χ1n) is 6.66. The third-order valence-electron chi connectivity index (χ3n) is 3.35. The third kappa shape index (κ3) is 3.00. The topological polar surface area (TPSA) is 68.8 Å². The molecule has 0 saturated heterocycles. The molecule has 6 heteroatoms. The van der Waals surface area contributed by atoms with Gasteiger partial charge in [0.25, 0.3) is 0 Å². The number of hydrazine groups is 1. The van der Waals surface area contributed by atoms with E-state index in [4.69, 9.17) is 17.4 Å². The number of nitrogens with one attached hydrogen (secondary N) is 1. The van der Waals surface area contributed by atoms with Gasteiger partial charge in [0.2, 0.25) is 0 Å². The minimum absolute atomic E-state index is 0.0405. The molecule has 0 amide bonds. The van der Waals surface area contributed by atoms with Crippen LogP contribution in [0.15, 0.2) is 18.5 Å². The number of nitrogens with zero attached hydrogens (tertiary/aromatic N) is 3. The van der Waals surface area contributed by atoms with Gasteiger partial charge in [0, 0.05) is 25.4 Å². The fourth-order valence-electron chi connectivity index (χ4n) is 2.30. The number of halogens is 1. The van der Waals surface area contributed by atoms with E-state index in [1.165, 1.54) is 0 Å². The zero-order chi connectivity index (χ0) is 14.7. The van der Waals surface area contributed by atoms with Crippen LogP contribution in [0.5, 0.6) is 0 Å². The molecule has 0 radical (unpaired) electrons. The van der Waals surface area contributed by atoms with E-state index >= 15 is 0 Å². The third-order valence-corrected chi connectivity index (χ3v) is 3.84. The fourth-order valence-corrected chi connectivity index (χ4v) is 2.51. The lowest BCUT2D eigenvalue weighted by Gasteiger charge is -2.17. The molecule has 1 atom stereocenters. The molecule has 0 aliphatic carbocycles. The Morgan fingerprint density at radius 3 is 2.75 bits per heavy atom. The maximum absolute atomic E-state index is 6.34. The lowest BCUT2D eigenvalue weighted by Crippen LogP contribution is -2.30. The van der Waals surface area contributed by atoms with Crippen LogP contribution >= 0.6 is 11.6 Å². The first-order valence-corrected chi connectivity index (χ1v) is 7.04. The summed E-state index contributed by atoms with van der Waals surface area (Å²) in [5.41, 5.74) is 6.84. The van der Waals surface area contributed by atoms with E-state index in [0.717, 1.165) is 29.1 Å². The molecule has 0 aliphatic rings. The highest BCUT2D eigenvalue weighted by Crippen LogP contribution is 2.25. The molecular weight excluding hydrogens is 274 g/mol. The van der Waals surface area contributed by atoms with Crippen LogP contribution < -0.4 is 11.3 Å². The lowest BCUT2D eigenvalue weighted by molar-refractivity contribution is 0.515. The molecule has 2 heterocycles. The van der Waals surface area contributed by atoms with Gasteiger partial charge in [-0.25, -0.2) is 0 Å². The van der Waals surface area contributed by atoms with Crippen molar-refractivity contribution in [2.24, 2.45) is 5.84 Å². The van der Waals surface area contributed by atoms with Crippen molar-refractivity contribution in [1.82, 2.24) is 20.2 Å². The summed E-state index contributed by atoms with van der Waals surface area (Å²) >= 11 is 6.34. The van der Waals surface area contributed by atoms with Crippen LogP contribution in [-0.4, -0.2) is 14.8 Å². The summed E-state index contributed by atoms with van der Waals surface area (Å²) in [7, 11) is 0. The first kappa shape index (κ1) is 15.0. The number of hydrogen-bond donors (Lipinski definition) is 2. The van der Waals surface area contributed by atoms with E-state index in [2.05, 4.69) is 21.6 Å². The highest BCUT2D eigenvalue weighted by atomic mass is 35.5. The summed E-state index contributed by atoms with van der Waals surface area (Å²) in [6.45, 7) is 6.76. The Labute approximate surface area is 124 Å². The minimum Gasteiger partial charge on any atom is -0.271 e. The van der Waals surface area contributed by atoms with E-state index in [0.29, 0.717) is 11.4 Å². The van der Waals surface area contributed by atoms with Crippen LogP contribution in [-0.2, 0) is 13.0 Å². The second kappa shape index (κ2) is 6.35. The molecule has 2 rings (SSSR count). The van der Waals surface area contributed by atoms with Gasteiger partial charge < -0.3 is 0 Å². The van der Waals surface area contributed by atoms with E-state index < -0.39 is 0 Å². The Hall–Kier alpha value is -1.43. The maximum atomic E-state index is 6.34. The van der Waals surface area contributed by atoms with Crippen LogP contribution in [0.4, 0.5) is 0 Å². The zero-order valence-electron chi connectivity index (χ0n) is 12.0. The van der Waals surface area contributed by atoms with Crippen molar-refractivity contribution in [3.63, 3.8) is 0 Å². The average Bonchev–Trinajstić information content (AvgIpc) is 2.71. The molecule has 5 nitrogen and oxygen atoms in total. The highest BCUT2D eigenvalue weighted by Gasteiger charge is 2.18. The summed E-state index contributed by atoms with van der Waals surface area (Å²) in [6.07, 6.45) is 4.32. The molecule has 1 unspecified atom stereocenters. The molecule has 0 fully saturated rings. The second-order valence-electron chi connectivity index (χ2n) is 4.88. The minimum atomic E-state index is -0.0405. The first-order chi connectivity index (χ1) is 9.56. The summed E-state index contributed by atoms with van der Waals surface area (Å²) in [4.78, 5) is 4.21. The number of hydrogen-bond acceptors (Lipinski definition) is 4. The maximum Gasteiger partial charge on any atom is 0.0847 e. The summed E-state index contributed by atoms with van der Waals surface area (Å²) in [5.74, 6) is 5.70. The predicted octanol–water partition coefficient (Wildman–Crippen LogP) is 2.32. The van der Waals surface area contributed by atoms with Gasteiger partial charge in [-0.2, -0.15) is 5.10 Å². The molecule has 0 spiro atoms. The summed E-state index contributed by atoms with van der Waals surface area (Å²) < 4.78 is 1.92. The number of aromatic nitrogens is 3. The molecule has 20 heavy (non-hydrogen) atoms. The molecule has 108 valence electrons. The highest BCUT2D eigenvalue weighted by molar-refractivity contribution is 6.31. The second-order valence-corrected chi connectivity index (χ2v) is 5.26. The SMILES string of the molecule is CCn1nc(C)c(Cl)c1CC(NN)c1cncc(C)c1. The van der Waals surface area contributed by atoms with Gasteiger partial charge in [-0.1, -0.05) is 17.7 Å². The Balaban J connectivity index is 2.31. The van der Waals surface area contributed by atoms with Gasteiger partial charge in [-0.05, 0) is 31.9 Å². The summed E-state index contributed by atoms with van der Waals surface area (Å²) in [5, 5.41) is 5.14. The molecular formula is C14H20ClN5. The quantitative estimate of drug-likeness (QED) is 0.656. The molecule has 3 N–H and O–H groups in total. The average molecular weight is 294 g/mol. The van der Waals surface area contributed by atoms with Crippen molar-refractivity contribution in [3.8, 4) is 0 Å². The molecule has 0 aliphatic heterocycles. The smallest absolute Gasteiger partial charge is 0.0847 e. The van der Waals surface area contributed by atoms with Gasteiger partial charge in [0.05, 0.1) is 22.5 Å². The van der Waals surface area contributed by atoms with E-state index in [1.807, 2.05) is 37.8 Å². The Kier molecular flexibility index (Phi) is 4.75. The lowest BCUT2D eigenvalue weighted by atomic mass is 10.0. The number of rotatable bonds is 5. The van der Waals surface area contributed by atoms with Gasteiger partial charge in [0.1, 0.15) is 0 Å². The van der Waals surface area contributed by atoms with Crippen molar-refractivity contribution >= 4 is 11.6 Å². The van der Waals surface area contributed by atoms with Crippen LogP contribution in [0.2, 0.25) is 5.02 Å². The Morgan fingerprint density at radius 1 is 1.40 bits per heavy atom. The molecule has 0 aromatic carbocycles. The normalized spacial score (nSPS) is 12.7. The molecule has 2 aromatic rings. The van der Waals surface area contributed by atoms with Gasteiger partial charge in [-0.3, -0.25) is 20.9 Å². The van der Waals surface area contributed by atoms with Crippen LogP contribution in [0.25, 0.3) is 0 Å². The summed E-state index contributed by atoms with van der Waals surface area (Å²) in [6, 6.07) is 2.03. The number of nitrogens with two attached hydrogens (primary N) is 1. The van der Waals surface area contributed by atoms with Crippen LogP contribution in [0.3, 0.4) is 0 Å². The predicted molar refractivity (Wildman–Crippen MR) is 80.4 cm³/mol.